The molecule has 4 heterocycles. The van der Waals surface area contributed by atoms with Gasteiger partial charge < -0.3 is 19.9 Å². The van der Waals surface area contributed by atoms with Gasteiger partial charge in [0, 0.05) is 47.6 Å². The van der Waals surface area contributed by atoms with E-state index in [0.717, 1.165) is 32.4 Å². The number of carbonyl (C=O) groups is 6. The van der Waals surface area contributed by atoms with Crippen LogP contribution in [-0.2, 0) is 34.0 Å². The molecule has 0 bridgehead atoms. The Kier molecular flexibility index (Phi) is 8.08. The molecule has 3 N–H and O–H groups in total. The van der Waals surface area contributed by atoms with Crippen molar-refractivity contribution in [3.05, 3.63) is 107 Å². The summed E-state index contributed by atoms with van der Waals surface area (Å²) in [5.74, 6) is -2.67. The SMILES string of the molecule is COc1cc(CNC(=O)Cn2c3ccccc3c3cccnc32)ccc1CNC(=O)c1ccc2c(c1)C(=O)N(C1CCC(=O)NC1=O)C2=O. The molecule has 2 aliphatic heterocycles. The highest BCUT2D eigenvalue weighted by Gasteiger charge is 2.44. The molecular formula is C36H30N6O7. The number of para-hydroxylation sites is 1. The number of carbonyl (C=O) groups excluding carboxylic acids is 6. The van der Waals surface area contributed by atoms with Gasteiger partial charge in [0.15, 0.2) is 0 Å². The van der Waals surface area contributed by atoms with Gasteiger partial charge in [-0.1, -0.05) is 30.3 Å². The summed E-state index contributed by atoms with van der Waals surface area (Å²) in [5.41, 5.74) is 3.39. The smallest absolute Gasteiger partial charge is 0.262 e. The monoisotopic (exact) mass is 658 g/mol. The van der Waals surface area contributed by atoms with Crippen LogP contribution in [0.15, 0.2) is 79.0 Å². The third kappa shape index (κ3) is 5.75. The predicted octanol–water partition coefficient (Wildman–Crippen LogP) is 2.85. The van der Waals surface area contributed by atoms with Crippen LogP contribution in [-0.4, -0.2) is 63.0 Å². The first-order valence-corrected chi connectivity index (χ1v) is 15.6. The molecule has 49 heavy (non-hydrogen) atoms. The lowest BCUT2D eigenvalue weighted by atomic mass is 10.0. The number of fused-ring (bicyclic) bond motifs is 4. The fourth-order valence-electron chi connectivity index (χ4n) is 6.37. The largest absolute Gasteiger partial charge is 0.496 e. The van der Waals surface area contributed by atoms with Gasteiger partial charge >= 0.3 is 0 Å². The fraction of sp³-hybridized carbons (Fsp3) is 0.194. The average Bonchev–Trinajstić information content (AvgIpc) is 3.56. The van der Waals surface area contributed by atoms with E-state index < -0.39 is 35.6 Å². The van der Waals surface area contributed by atoms with E-state index in [4.69, 9.17) is 4.74 Å². The molecule has 1 atom stereocenters. The number of hydrogen-bond acceptors (Lipinski definition) is 8. The number of nitrogens with zero attached hydrogens (tertiary/aromatic N) is 3. The van der Waals surface area contributed by atoms with Gasteiger partial charge in [0.1, 0.15) is 24.0 Å². The van der Waals surface area contributed by atoms with E-state index in [0.29, 0.717) is 11.3 Å². The third-order valence-electron chi connectivity index (χ3n) is 8.81. The van der Waals surface area contributed by atoms with Gasteiger partial charge in [0.2, 0.25) is 17.7 Å². The lowest BCUT2D eigenvalue weighted by Crippen LogP contribution is -2.54. The number of amides is 6. The number of piperidine rings is 1. The van der Waals surface area contributed by atoms with Crippen LogP contribution in [0.3, 0.4) is 0 Å². The van der Waals surface area contributed by atoms with Crippen LogP contribution in [0.4, 0.5) is 0 Å². The fourth-order valence-corrected chi connectivity index (χ4v) is 6.37. The zero-order valence-electron chi connectivity index (χ0n) is 26.3. The molecule has 246 valence electrons. The summed E-state index contributed by atoms with van der Waals surface area (Å²) >= 11 is 0. The second kappa shape index (κ2) is 12.7. The Morgan fingerprint density at radius 3 is 2.51 bits per heavy atom. The number of methoxy groups -OCH3 is 1. The first-order valence-electron chi connectivity index (χ1n) is 15.6. The van der Waals surface area contributed by atoms with Crippen LogP contribution in [0.5, 0.6) is 5.75 Å². The van der Waals surface area contributed by atoms with Crippen LogP contribution in [0, 0.1) is 0 Å². The zero-order chi connectivity index (χ0) is 34.2. The Balaban J connectivity index is 0.982. The molecule has 1 unspecified atom stereocenters. The number of hydrogen-bond donors (Lipinski definition) is 3. The van der Waals surface area contributed by atoms with Gasteiger partial charge in [-0.3, -0.25) is 39.0 Å². The first-order chi connectivity index (χ1) is 23.7. The molecule has 2 aromatic heterocycles. The second-order valence-corrected chi connectivity index (χ2v) is 11.8. The maximum absolute atomic E-state index is 13.1. The number of pyridine rings is 1. The Labute approximate surface area is 279 Å². The molecule has 0 spiro atoms. The quantitative estimate of drug-likeness (QED) is 0.203. The normalized spacial score (nSPS) is 15.8. The second-order valence-electron chi connectivity index (χ2n) is 11.8. The van der Waals surface area contributed by atoms with Crippen molar-refractivity contribution in [3.8, 4) is 5.75 Å². The van der Waals surface area contributed by atoms with Crippen LogP contribution in [0.2, 0.25) is 0 Å². The number of ether oxygens (including phenoxy) is 1. The van der Waals surface area contributed by atoms with E-state index in [1.54, 1.807) is 18.3 Å². The minimum absolute atomic E-state index is 0.0120. The molecule has 0 radical (unpaired) electrons. The number of rotatable bonds is 9. The van der Waals surface area contributed by atoms with Crippen LogP contribution < -0.4 is 20.7 Å². The molecular weight excluding hydrogens is 628 g/mol. The van der Waals surface area contributed by atoms with E-state index in [1.165, 1.54) is 25.3 Å². The van der Waals surface area contributed by atoms with E-state index in [9.17, 15) is 28.8 Å². The highest BCUT2D eigenvalue weighted by atomic mass is 16.5. The molecule has 1 saturated heterocycles. The van der Waals surface area contributed by atoms with Crippen molar-refractivity contribution in [3.63, 3.8) is 0 Å². The lowest BCUT2D eigenvalue weighted by molar-refractivity contribution is -0.136. The first kappa shape index (κ1) is 31.2. The van der Waals surface area contributed by atoms with Crippen molar-refractivity contribution in [1.29, 1.82) is 0 Å². The summed E-state index contributed by atoms with van der Waals surface area (Å²) in [6, 6.07) is 20.2. The van der Waals surface area contributed by atoms with Crippen LogP contribution >= 0.6 is 0 Å². The third-order valence-corrected chi connectivity index (χ3v) is 8.81. The molecule has 1 fully saturated rings. The Morgan fingerprint density at radius 1 is 0.898 bits per heavy atom. The summed E-state index contributed by atoms with van der Waals surface area (Å²) in [4.78, 5) is 81.5. The minimum atomic E-state index is -1.09. The minimum Gasteiger partial charge on any atom is -0.496 e. The molecule has 7 rings (SSSR count). The van der Waals surface area contributed by atoms with E-state index in [2.05, 4.69) is 20.9 Å². The van der Waals surface area contributed by atoms with Gasteiger partial charge in [0.25, 0.3) is 17.7 Å². The van der Waals surface area contributed by atoms with Crippen molar-refractivity contribution >= 4 is 57.4 Å². The Bertz CT molecular complexity index is 2170. The lowest BCUT2D eigenvalue weighted by Gasteiger charge is -2.27. The molecule has 0 aliphatic carbocycles. The maximum Gasteiger partial charge on any atom is 0.262 e. The molecule has 5 aromatic rings. The summed E-state index contributed by atoms with van der Waals surface area (Å²) in [7, 11) is 1.51. The van der Waals surface area contributed by atoms with Crippen LogP contribution in [0.1, 0.15) is 55.0 Å². The summed E-state index contributed by atoms with van der Waals surface area (Å²) in [6.07, 6.45) is 1.76. The highest BCUT2D eigenvalue weighted by molar-refractivity contribution is 6.24. The van der Waals surface area contributed by atoms with Gasteiger partial charge in [0.05, 0.1) is 23.8 Å². The molecule has 3 aromatic carbocycles. The van der Waals surface area contributed by atoms with Crippen molar-refractivity contribution < 1.29 is 33.5 Å². The summed E-state index contributed by atoms with van der Waals surface area (Å²) in [6.45, 7) is 0.450. The van der Waals surface area contributed by atoms with Crippen molar-refractivity contribution in [2.24, 2.45) is 0 Å². The zero-order valence-corrected chi connectivity index (χ0v) is 26.3. The van der Waals surface area contributed by atoms with E-state index in [1.807, 2.05) is 47.0 Å². The maximum atomic E-state index is 13.1. The van der Waals surface area contributed by atoms with Gasteiger partial charge in [-0.05, 0) is 54.4 Å². The van der Waals surface area contributed by atoms with E-state index in [-0.39, 0.29) is 55.1 Å². The Hall–Kier alpha value is -6.37. The van der Waals surface area contributed by atoms with Gasteiger partial charge in [-0.25, -0.2) is 4.98 Å². The molecule has 2 aliphatic rings. The summed E-state index contributed by atoms with van der Waals surface area (Å²) < 4.78 is 7.46. The van der Waals surface area contributed by atoms with E-state index >= 15 is 0 Å². The molecule has 13 heteroatoms. The standard InChI is InChI=1S/C36H30N6O7/c1-49-29-15-20(17-38-31(44)19-41-27-7-3-2-5-23(27)24-6-4-14-37-32(24)41)8-9-22(29)18-39-33(45)21-10-11-25-26(16-21)36(48)42(35(25)47)28-12-13-30(43)40-34(28)46/h2-11,14-16,28H,12-13,17-19H2,1H3,(H,38,44)(H,39,45)(H,40,43,46). The van der Waals surface area contributed by atoms with Crippen molar-refractivity contribution in [2.45, 2.75) is 38.5 Å². The summed E-state index contributed by atoms with van der Waals surface area (Å²) in [5, 5.41) is 9.94. The van der Waals surface area contributed by atoms with Gasteiger partial charge in [-0.2, -0.15) is 0 Å². The van der Waals surface area contributed by atoms with Crippen molar-refractivity contribution in [2.75, 3.05) is 7.11 Å². The van der Waals surface area contributed by atoms with Gasteiger partial charge in [-0.15, -0.1) is 0 Å². The number of nitrogens with one attached hydrogen (secondary N) is 3. The van der Waals surface area contributed by atoms with Crippen LogP contribution in [0.25, 0.3) is 21.9 Å². The predicted molar refractivity (Wildman–Crippen MR) is 176 cm³/mol. The molecule has 6 amide bonds. The Morgan fingerprint density at radius 2 is 1.69 bits per heavy atom. The number of imide groups is 2. The highest BCUT2D eigenvalue weighted by Crippen LogP contribution is 2.29. The topological polar surface area (TPSA) is 169 Å². The molecule has 0 saturated carbocycles. The number of benzene rings is 3. The average molecular weight is 659 g/mol. The van der Waals surface area contributed by atoms with Crippen molar-refractivity contribution in [1.82, 2.24) is 30.4 Å². The molecule has 13 nitrogen and oxygen atoms in total. The number of aromatic nitrogens is 2.